The number of benzene rings is 2. The van der Waals surface area contributed by atoms with Crippen LogP contribution >= 0.6 is 0 Å². The second-order valence-electron chi connectivity index (χ2n) is 6.83. The molecule has 0 aliphatic carbocycles. The molecule has 7 heteroatoms. The molecule has 0 aliphatic rings. The number of nitrogens with one attached hydrogen (secondary N) is 2. The summed E-state index contributed by atoms with van der Waals surface area (Å²) in [7, 11) is 8.31. The molecule has 0 fully saturated rings. The number of hydrogen-bond donors (Lipinski definition) is 2. The quantitative estimate of drug-likeness (QED) is 0.456. The summed E-state index contributed by atoms with van der Waals surface area (Å²) in [6.07, 6.45) is 0.974. The molecule has 0 saturated heterocycles. The minimum Gasteiger partial charge on any atom is -0.497 e. The van der Waals surface area contributed by atoms with Crippen molar-refractivity contribution in [3.05, 3.63) is 47.5 Å². The summed E-state index contributed by atoms with van der Waals surface area (Å²) in [6, 6.07) is 11.9. The predicted molar refractivity (Wildman–Crippen MR) is 120 cm³/mol. The molecule has 1 unspecified atom stereocenters. The Bertz CT molecular complexity index is 797. The smallest absolute Gasteiger partial charge is 0.191 e. The van der Waals surface area contributed by atoms with E-state index in [2.05, 4.69) is 34.7 Å². The van der Waals surface area contributed by atoms with Gasteiger partial charge < -0.3 is 29.6 Å². The van der Waals surface area contributed by atoms with Gasteiger partial charge in [0.25, 0.3) is 0 Å². The van der Waals surface area contributed by atoms with Crippen LogP contribution in [0.15, 0.2) is 41.4 Å². The van der Waals surface area contributed by atoms with Gasteiger partial charge in [-0.1, -0.05) is 19.1 Å². The Morgan fingerprint density at radius 1 is 0.867 bits per heavy atom. The zero-order valence-electron chi connectivity index (χ0n) is 18.7. The van der Waals surface area contributed by atoms with Gasteiger partial charge in [0.1, 0.15) is 23.0 Å². The molecule has 0 aromatic heterocycles. The van der Waals surface area contributed by atoms with Gasteiger partial charge in [0.15, 0.2) is 5.96 Å². The summed E-state index contributed by atoms with van der Waals surface area (Å²) >= 11 is 0. The third-order valence-electron chi connectivity index (χ3n) is 5.03. The molecule has 0 amide bonds. The van der Waals surface area contributed by atoms with Gasteiger partial charge in [-0.2, -0.15) is 0 Å². The van der Waals surface area contributed by atoms with E-state index >= 15 is 0 Å². The van der Waals surface area contributed by atoms with E-state index in [9.17, 15) is 0 Å². The summed E-state index contributed by atoms with van der Waals surface area (Å²) in [6.45, 7) is 3.51. The maximum atomic E-state index is 5.51. The van der Waals surface area contributed by atoms with Crippen molar-refractivity contribution in [2.45, 2.75) is 25.8 Å². The number of ether oxygens (including phenoxy) is 4. The third-order valence-corrected chi connectivity index (χ3v) is 5.03. The Kier molecular flexibility index (Phi) is 9.12. The summed E-state index contributed by atoms with van der Waals surface area (Å²) in [5.74, 6) is 4.09. The first kappa shape index (κ1) is 23.2. The minimum absolute atomic E-state index is 0.420. The van der Waals surface area contributed by atoms with Crippen molar-refractivity contribution in [2.24, 2.45) is 4.99 Å². The summed E-state index contributed by atoms with van der Waals surface area (Å²) in [5.41, 5.74) is 2.18. The zero-order chi connectivity index (χ0) is 21.9. The monoisotopic (exact) mass is 415 g/mol. The SMILES string of the molecule is CN=C(NCCC(C)c1ccc(OC)cc1)NCc1c(OC)cc(OC)cc1OC. The minimum atomic E-state index is 0.420. The van der Waals surface area contributed by atoms with Gasteiger partial charge in [0, 0.05) is 25.7 Å². The van der Waals surface area contributed by atoms with Crippen LogP contribution < -0.4 is 29.6 Å². The van der Waals surface area contributed by atoms with E-state index in [1.807, 2.05) is 24.3 Å². The van der Waals surface area contributed by atoms with Crippen LogP contribution in [0.4, 0.5) is 0 Å². The molecule has 2 rings (SSSR count). The lowest BCUT2D eigenvalue weighted by Gasteiger charge is -2.18. The van der Waals surface area contributed by atoms with Gasteiger partial charge in [-0.15, -0.1) is 0 Å². The first-order valence-electron chi connectivity index (χ1n) is 9.93. The number of nitrogens with zero attached hydrogens (tertiary/aromatic N) is 1. The number of rotatable bonds is 10. The lowest BCUT2D eigenvalue weighted by atomic mass is 9.98. The molecule has 2 aromatic rings. The highest BCUT2D eigenvalue weighted by molar-refractivity contribution is 5.79. The van der Waals surface area contributed by atoms with Crippen LogP contribution in [0.5, 0.6) is 23.0 Å². The Balaban J connectivity index is 1.92. The van der Waals surface area contributed by atoms with Crippen LogP contribution in [0.25, 0.3) is 0 Å². The topological polar surface area (TPSA) is 73.3 Å². The lowest BCUT2D eigenvalue weighted by Crippen LogP contribution is -2.37. The molecule has 7 nitrogen and oxygen atoms in total. The Labute approximate surface area is 179 Å². The predicted octanol–water partition coefficient (Wildman–Crippen LogP) is 3.58. The van der Waals surface area contributed by atoms with Crippen LogP contribution in [-0.2, 0) is 6.54 Å². The maximum absolute atomic E-state index is 5.51. The largest absolute Gasteiger partial charge is 0.497 e. The number of aliphatic imine (C=N–C) groups is 1. The number of guanidine groups is 1. The van der Waals surface area contributed by atoms with Crippen LogP contribution in [0, 0.1) is 0 Å². The van der Waals surface area contributed by atoms with Gasteiger partial charge in [0.2, 0.25) is 0 Å². The highest BCUT2D eigenvalue weighted by Crippen LogP contribution is 2.33. The van der Waals surface area contributed by atoms with Gasteiger partial charge in [-0.3, -0.25) is 4.99 Å². The second kappa shape index (κ2) is 11.8. The Hall–Kier alpha value is -3.09. The average molecular weight is 416 g/mol. The Morgan fingerprint density at radius 2 is 1.47 bits per heavy atom. The number of methoxy groups -OCH3 is 4. The fourth-order valence-electron chi connectivity index (χ4n) is 3.15. The van der Waals surface area contributed by atoms with Crippen LogP contribution in [0.1, 0.15) is 30.4 Å². The molecule has 164 valence electrons. The van der Waals surface area contributed by atoms with Crippen molar-refractivity contribution in [3.8, 4) is 23.0 Å². The van der Waals surface area contributed by atoms with Crippen molar-refractivity contribution >= 4 is 5.96 Å². The fourth-order valence-corrected chi connectivity index (χ4v) is 3.15. The Morgan fingerprint density at radius 3 is 1.97 bits per heavy atom. The van der Waals surface area contributed by atoms with E-state index in [0.29, 0.717) is 29.7 Å². The molecular formula is C23H33N3O4. The molecule has 0 heterocycles. The molecular weight excluding hydrogens is 382 g/mol. The molecule has 0 bridgehead atoms. The zero-order valence-corrected chi connectivity index (χ0v) is 18.7. The average Bonchev–Trinajstić information content (AvgIpc) is 2.80. The maximum Gasteiger partial charge on any atom is 0.191 e. The summed E-state index contributed by atoms with van der Waals surface area (Å²) in [5, 5.41) is 6.69. The van der Waals surface area contributed by atoms with Gasteiger partial charge in [-0.05, 0) is 30.0 Å². The molecule has 0 saturated carbocycles. The van der Waals surface area contributed by atoms with Crippen LogP contribution in [0.3, 0.4) is 0 Å². The van der Waals surface area contributed by atoms with Gasteiger partial charge in [0.05, 0.1) is 40.5 Å². The second-order valence-corrected chi connectivity index (χ2v) is 6.83. The lowest BCUT2D eigenvalue weighted by molar-refractivity contribution is 0.368. The van der Waals surface area contributed by atoms with E-state index in [4.69, 9.17) is 18.9 Å². The molecule has 0 aliphatic heterocycles. The summed E-state index contributed by atoms with van der Waals surface area (Å²) < 4.78 is 21.5. The van der Waals surface area contributed by atoms with Crippen molar-refractivity contribution < 1.29 is 18.9 Å². The molecule has 1 atom stereocenters. The summed E-state index contributed by atoms with van der Waals surface area (Å²) in [4.78, 5) is 4.31. The van der Waals surface area contributed by atoms with E-state index in [1.165, 1.54) is 5.56 Å². The van der Waals surface area contributed by atoms with Crippen LogP contribution in [-0.4, -0.2) is 48.0 Å². The van der Waals surface area contributed by atoms with Crippen molar-refractivity contribution in [3.63, 3.8) is 0 Å². The van der Waals surface area contributed by atoms with Crippen LogP contribution in [0.2, 0.25) is 0 Å². The van der Waals surface area contributed by atoms with E-state index in [0.717, 1.165) is 30.2 Å². The highest BCUT2D eigenvalue weighted by atomic mass is 16.5. The molecule has 0 radical (unpaired) electrons. The number of hydrogen-bond acceptors (Lipinski definition) is 5. The highest BCUT2D eigenvalue weighted by Gasteiger charge is 2.14. The molecule has 2 N–H and O–H groups in total. The first-order chi connectivity index (χ1) is 14.6. The van der Waals surface area contributed by atoms with Crippen molar-refractivity contribution in [2.75, 3.05) is 42.0 Å². The fraction of sp³-hybridized carbons (Fsp3) is 0.435. The van der Waals surface area contributed by atoms with Gasteiger partial charge >= 0.3 is 0 Å². The normalized spacial score (nSPS) is 12.1. The van der Waals surface area contributed by atoms with Crippen molar-refractivity contribution in [1.29, 1.82) is 0 Å². The first-order valence-corrected chi connectivity index (χ1v) is 9.93. The molecule has 2 aromatic carbocycles. The third kappa shape index (κ3) is 6.20. The van der Waals surface area contributed by atoms with E-state index in [-0.39, 0.29) is 0 Å². The molecule has 30 heavy (non-hydrogen) atoms. The standard InChI is InChI=1S/C23H33N3O4/c1-16(17-7-9-18(27-3)10-8-17)11-12-25-23(24-2)26-15-20-21(29-5)13-19(28-4)14-22(20)30-6/h7-10,13-14,16H,11-12,15H2,1-6H3,(H2,24,25,26). The molecule has 0 spiro atoms. The van der Waals surface area contributed by atoms with Gasteiger partial charge in [-0.25, -0.2) is 0 Å². The van der Waals surface area contributed by atoms with Crippen molar-refractivity contribution in [1.82, 2.24) is 10.6 Å². The van der Waals surface area contributed by atoms with E-state index < -0.39 is 0 Å². The van der Waals surface area contributed by atoms with E-state index in [1.54, 1.807) is 35.5 Å².